The van der Waals surface area contributed by atoms with Gasteiger partial charge in [-0.2, -0.15) is 19.6 Å². The maximum absolute atomic E-state index is 13.0. The van der Waals surface area contributed by atoms with E-state index < -0.39 is 5.60 Å². The normalized spacial score (nSPS) is 17.9. The average molecular weight is 495 g/mol. The molecule has 1 aliphatic heterocycles. The summed E-state index contributed by atoms with van der Waals surface area (Å²) >= 11 is 0. The van der Waals surface area contributed by atoms with Crippen molar-refractivity contribution in [2.45, 2.75) is 84.4 Å². The number of carbonyl (C=O) groups is 1. The molecular weight excluding hydrogens is 456 g/mol. The van der Waals surface area contributed by atoms with E-state index in [0.717, 1.165) is 29.7 Å². The van der Waals surface area contributed by atoms with Gasteiger partial charge in [0.15, 0.2) is 5.65 Å². The number of hydrogen-bond donors (Lipinski definition) is 3. The smallest absolute Gasteiger partial charge is 0.410 e. The Balaban J connectivity index is 1.64. The number of nitrogens with one attached hydrogen (secondary N) is 2. The molecule has 10 heteroatoms. The third kappa shape index (κ3) is 5.63. The second-order valence-electron chi connectivity index (χ2n) is 11.4. The Bertz CT molecular complexity index is 1240. The quantitative estimate of drug-likeness (QED) is 0.416. The van der Waals surface area contributed by atoms with Crippen molar-refractivity contribution < 1.29 is 9.53 Å². The van der Waals surface area contributed by atoms with Crippen LogP contribution in [0.1, 0.15) is 72.8 Å². The zero-order valence-electron chi connectivity index (χ0n) is 22.3. The number of aromatic nitrogens is 4. The molecule has 3 heterocycles. The van der Waals surface area contributed by atoms with E-state index in [4.69, 9.17) is 20.4 Å². The summed E-state index contributed by atoms with van der Waals surface area (Å²) in [6, 6.07) is 7.45. The van der Waals surface area contributed by atoms with E-state index in [0.29, 0.717) is 24.1 Å². The van der Waals surface area contributed by atoms with E-state index in [9.17, 15) is 4.79 Å². The highest BCUT2D eigenvalue weighted by atomic mass is 16.6. The van der Waals surface area contributed by atoms with E-state index in [1.54, 1.807) is 4.52 Å². The highest BCUT2D eigenvalue weighted by Crippen LogP contribution is 2.31. The molecule has 4 N–H and O–H groups in total. The number of likely N-dealkylation sites (tertiary alicyclic amines) is 1. The van der Waals surface area contributed by atoms with E-state index in [1.807, 2.05) is 56.1 Å². The highest BCUT2D eigenvalue weighted by molar-refractivity contribution is 5.69. The molecule has 0 aliphatic carbocycles. The third-order valence-corrected chi connectivity index (χ3v) is 6.35. The first-order valence-corrected chi connectivity index (χ1v) is 12.5. The number of nitrogen functional groups attached to an aromatic ring is 1. The first-order valence-electron chi connectivity index (χ1n) is 12.5. The van der Waals surface area contributed by atoms with Gasteiger partial charge in [0.2, 0.25) is 11.9 Å². The van der Waals surface area contributed by atoms with Crippen LogP contribution >= 0.6 is 0 Å². The van der Waals surface area contributed by atoms with Crippen LogP contribution in [-0.4, -0.2) is 54.3 Å². The number of hydrogen-bond acceptors (Lipinski definition) is 8. The van der Waals surface area contributed by atoms with Gasteiger partial charge >= 0.3 is 6.09 Å². The molecule has 0 unspecified atom stereocenters. The lowest BCUT2D eigenvalue weighted by Gasteiger charge is -2.45. The van der Waals surface area contributed by atoms with Crippen LogP contribution in [0.4, 0.5) is 28.1 Å². The van der Waals surface area contributed by atoms with Crippen molar-refractivity contribution in [1.82, 2.24) is 24.5 Å². The summed E-state index contributed by atoms with van der Waals surface area (Å²) in [5.41, 5.74) is 8.32. The minimum atomic E-state index is -0.557. The lowest BCUT2D eigenvalue weighted by atomic mass is 9.88. The highest BCUT2D eigenvalue weighted by Gasteiger charge is 2.39. The summed E-state index contributed by atoms with van der Waals surface area (Å²) in [6.45, 7) is 14.5. The molecular formula is C26H38N8O2. The number of fused-ring (bicyclic) bond motifs is 1. The van der Waals surface area contributed by atoms with Gasteiger partial charge in [0.05, 0.1) is 6.20 Å². The summed E-state index contributed by atoms with van der Waals surface area (Å²) in [5.74, 6) is 1.24. The average Bonchev–Trinajstić information content (AvgIpc) is 3.18. The third-order valence-electron chi connectivity index (χ3n) is 6.35. The standard InChI is InChI=1S/C26H38N8O2/c1-16(2)20-14-28-34-21(20)31-22(32-23(34)30-18-10-8-9-17(27)13-18)29-19-11-12-26(6,7)33(15-19)24(35)36-25(3,4)5/h8-10,13-14,16,19H,11-12,15,27H2,1-7H3,(H2,29,30,31,32)/t19-/m0/s1. The first-order chi connectivity index (χ1) is 16.8. The minimum Gasteiger partial charge on any atom is -0.444 e. The van der Waals surface area contributed by atoms with E-state index in [2.05, 4.69) is 43.4 Å². The van der Waals surface area contributed by atoms with Gasteiger partial charge in [-0.15, -0.1) is 0 Å². The molecule has 1 atom stereocenters. The SMILES string of the molecule is CC(C)c1cnn2c(Nc3cccc(N)c3)nc(N[C@H]3CCC(C)(C)N(C(=O)OC(C)(C)C)C3)nc12. The van der Waals surface area contributed by atoms with Gasteiger partial charge in [-0.05, 0) is 71.6 Å². The molecule has 2 aromatic heterocycles. The second-order valence-corrected chi connectivity index (χ2v) is 11.4. The summed E-state index contributed by atoms with van der Waals surface area (Å²) in [5, 5.41) is 11.3. The molecule has 4 rings (SSSR count). The molecule has 1 amide bonds. The van der Waals surface area contributed by atoms with Crippen LogP contribution in [0, 0.1) is 0 Å². The van der Waals surface area contributed by atoms with Crippen molar-refractivity contribution in [3.8, 4) is 0 Å². The summed E-state index contributed by atoms with van der Waals surface area (Å²) < 4.78 is 7.40. The Kier molecular flexibility index (Phi) is 6.72. The Hall–Kier alpha value is -3.56. The predicted octanol–water partition coefficient (Wildman–Crippen LogP) is 5.16. The fourth-order valence-corrected chi connectivity index (χ4v) is 4.35. The molecule has 0 saturated carbocycles. The molecule has 1 fully saturated rings. The van der Waals surface area contributed by atoms with E-state index in [1.165, 1.54) is 0 Å². The molecule has 3 aromatic rings. The van der Waals surface area contributed by atoms with Crippen LogP contribution in [0.2, 0.25) is 0 Å². The van der Waals surface area contributed by atoms with Crippen LogP contribution in [-0.2, 0) is 4.74 Å². The number of nitrogens with two attached hydrogens (primary N) is 1. The Labute approximate surface area is 212 Å². The van der Waals surface area contributed by atoms with Gasteiger partial charge in [0.25, 0.3) is 0 Å². The maximum atomic E-state index is 13.0. The van der Waals surface area contributed by atoms with Crippen LogP contribution in [0.3, 0.4) is 0 Å². The number of anilines is 4. The molecule has 1 aliphatic rings. The van der Waals surface area contributed by atoms with Crippen LogP contribution in [0.5, 0.6) is 0 Å². The van der Waals surface area contributed by atoms with Crippen LogP contribution in [0.25, 0.3) is 5.65 Å². The maximum Gasteiger partial charge on any atom is 0.410 e. The molecule has 0 bridgehead atoms. The van der Waals surface area contributed by atoms with Gasteiger partial charge in [-0.25, -0.2) is 4.79 Å². The van der Waals surface area contributed by atoms with E-state index in [-0.39, 0.29) is 23.6 Å². The van der Waals surface area contributed by atoms with Crippen LogP contribution < -0.4 is 16.4 Å². The second kappa shape index (κ2) is 9.48. The predicted molar refractivity (Wildman–Crippen MR) is 143 cm³/mol. The number of amides is 1. The molecule has 36 heavy (non-hydrogen) atoms. The zero-order chi connectivity index (χ0) is 26.3. The number of benzene rings is 1. The summed E-state index contributed by atoms with van der Waals surface area (Å²) in [6.07, 6.45) is 3.22. The fourth-order valence-electron chi connectivity index (χ4n) is 4.35. The number of ether oxygens (including phenoxy) is 1. The van der Waals surface area contributed by atoms with Crippen molar-refractivity contribution in [3.05, 3.63) is 36.0 Å². The monoisotopic (exact) mass is 494 g/mol. The fraction of sp³-hybridized carbons (Fsp3) is 0.538. The van der Waals surface area contributed by atoms with Gasteiger partial charge in [0, 0.05) is 35.1 Å². The Morgan fingerprint density at radius 3 is 2.67 bits per heavy atom. The summed E-state index contributed by atoms with van der Waals surface area (Å²) in [4.78, 5) is 24.4. The van der Waals surface area contributed by atoms with Gasteiger partial charge in [0.1, 0.15) is 5.60 Å². The molecule has 10 nitrogen and oxygen atoms in total. The van der Waals surface area contributed by atoms with Crippen molar-refractivity contribution >= 4 is 35.0 Å². The minimum absolute atomic E-state index is 0.0290. The largest absolute Gasteiger partial charge is 0.444 e. The molecule has 1 aromatic carbocycles. The van der Waals surface area contributed by atoms with Gasteiger partial charge < -0.3 is 26.0 Å². The Morgan fingerprint density at radius 2 is 2.00 bits per heavy atom. The molecule has 0 spiro atoms. The zero-order valence-corrected chi connectivity index (χ0v) is 22.3. The van der Waals surface area contributed by atoms with Crippen molar-refractivity contribution in [1.29, 1.82) is 0 Å². The Morgan fingerprint density at radius 1 is 1.25 bits per heavy atom. The first kappa shape index (κ1) is 25.5. The number of nitrogens with zero attached hydrogens (tertiary/aromatic N) is 5. The van der Waals surface area contributed by atoms with E-state index >= 15 is 0 Å². The van der Waals surface area contributed by atoms with Crippen molar-refractivity contribution in [2.24, 2.45) is 0 Å². The van der Waals surface area contributed by atoms with Gasteiger partial charge in [-0.1, -0.05) is 19.9 Å². The molecule has 1 saturated heterocycles. The summed E-state index contributed by atoms with van der Waals surface area (Å²) in [7, 11) is 0. The topological polar surface area (TPSA) is 123 Å². The van der Waals surface area contributed by atoms with Gasteiger partial charge in [-0.3, -0.25) is 0 Å². The lowest BCUT2D eigenvalue weighted by Crippen LogP contribution is -2.57. The number of carbonyl (C=O) groups excluding carboxylic acids is 1. The van der Waals surface area contributed by atoms with Crippen LogP contribution in [0.15, 0.2) is 30.5 Å². The number of piperidine rings is 1. The number of rotatable bonds is 5. The molecule has 0 radical (unpaired) electrons. The van der Waals surface area contributed by atoms with Crippen molar-refractivity contribution in [3.63, 3.8) is 0 Å². The lowest BCUT2D eigenvalue weighted by molar-refractivity contribution is -0.00828. The molecule has 194 valence electrons. The van der Waals surface area contributed by atoms with Crippen molar-refractivity contribution in [2.75, 3.05) is 22.9 Å².